The fraction of sp³-hybridized carbons (Fsp3) is 0.750. The first-order chi connectivity index (χ1) is 23.2. The molecule has 5 atom stereocenters. The van der Waals surface area contributed by atoms with Gasteiger partial charge in [-0.3, -0.25) is 4.90 Å². The van der Waals surface area contributed by atoms with Crippen molar-refractivity contribution in [3.63, 3.8) is 0 Å². The Balaban J connectivity index is 1.57. The third kappa shape index (κ3) is 10.4. The van der Waals surface area contributed by atoms with E-state index < -0.39 is 85.3 Å². The van der Waals surface area contributed by atoms with E-state index in [1.165, 1.54) is 15.9 Å². The molecule has 4 rings (SSSR count). The van der Waals surface area contributed by atoms with Gasteiger partial charge in [0.05, 0.1) is 35.2 Å². The van der Waals surface area contributed by atoms with Gasteiger partial charge < -0.3 is 20.7 Å². The standard InChI is InChI=1S/C32H44F9N7O2/c1-18(2)50-29(49)48-19(3)11-21(26-15-22(30(33,34)35)6-7-27(26)48)5-4-10-47(28(42)45-46-44-25-8-9-43-16-25)17-20-12-23(31(36,37)38)14-24(13-20)32(39,40)41/h6-7,15,18-21,23-25,43H,4-5,8-14,16-17H2,1-3H3,(H2,42,44,45)/t19?,20?,21?,23?,24?,25-/m1/s1. The van der Waals surface area contributed by atoms with Gasteiger partial charge in [0.25, 0.3) is 0 Å². The van der Waals surface area contributed by atoms with Crippen molar-refractivity contribution >= 4 is 17.7 Å². The molecule has 2 aliphatic heterocycles. The van der Waals surface area contributed by atoms with Gasteiger partial charge in [0, 0.05) is 25.7 Å². The SMILES string of the molecule is CC(C)OC(=O)N1c2ccc(C(F)(F)F)cc2C(CCCN(CC2CC(C(F)(F)F)CC(C(F)(F)F)C2)C(N)=NN=N[C@@H]2CCNC2)CC1C. The van der Waals surface area contributed by atoms with Crippen LogP contribution < -0.4 is 16.0 Å². The van der Waals surface area contributed by atoms with Crippen LogP contribution in [0.15, 0.2) is 33.6 Å². The van der Waals surface area contributed by atoms with E-state index in [4.69, 9.17) is 10.5 Å². The molecule has 9 nitrogen and oxygen atoms in total. The molecule has 18 heteroatoms. The van der Waals surface area contributed by atoms with Crippen molar-refractivity contribution in [3.8, 4) is 0 Å². The number of rotatable bonds is 9. The third-order valence-electron chi connectivity index (χ3n) is 9.56. The highest BCUT2D eigenvalue weighted by Gasteiger charge is 2.52. The van der Waals surface area contributed by atoms with E-state index in [9.17, 15) is 44.3 Å². The van der Waals surface area contributed by atoms with Crippen LogP contribution >= 0.6 is 0 Å². The second-order valence-corrected chi connectivity index (χ2v) is 13.8. The number of nitrogens with zero attached hydrogens (tertiary/aromatic N) is 5. The molecule has 50 heavy (non-hydrogen) atoms. The van der Waals surface area contributed by atoms with Crippen molar-refractivity contribution in [2.45, 2.75) is 108 Å². The quantitative estimate of drug-likeness (QED) is 0.0876. The highest BCUT2D eigenvalue weighted by molar-refractivity contribution is 5.90. The van der Waals surface area contributed by atoms with Crippen LogP contribution in [-0.4, -0.2) is 73.7 Å². The number of carbonyl (C=O) groups is 1. The number of carbonyl (C=O) groups excluding carboxylic acids is 1. The summed E-state index contributed by atoms with van der Waals surface area (Å²) in [5.41, 5.74) is 5.86. The van der Waals surface area contributed by atoms with E-state index in [2.05, 4.69) is 20.8 Å². The second kappa shape index (κ2) is 15.9. The fourth-order valence-corrected chi connectivity index (χ4v) is 7.17. The van der Waals surface area contributed by atoms with E-state index in [0.29, 0.717) is 13.0 Å². The molecule has 0 spiro atoms. The van der Waals surface area contributed by atoms with E-state index in [1.54, 1.807) is 20.8 Å². The molecule has 2 fully saturated rings. The molecule has 1 saturated heterocycles. The topological polar surface area (TPSA) is 108 Å². The van der Waals surface area contributed by atoms with Gasteiger partial charge in [0.15, 0.2) is 0 Å². The Morgan fingerprint density at radius 1 is 1.04 bits per heavy atom. The zero-order chi connectivity index (χ0) is 37.0. The molecule has 1 amide bonds. The Labute approximate surface area is 284 Å². The van der Waals surface area contributed by atoms with Gasteiger partial charge in [-0.2, -0.15) is 44.6 Å². The molecular weight excluding hydrogens is 685 g/mol. The molecule has 1 aromatic rings. The van der Waals surface area contributed by atoms with Crippen LogP contribution in [0.25, 0.3) is 0 Å². The number of alkyl halides is 9. The number of halogens is 9. The molecule has 3 N–H and O–H groups in total. The van der Waals surface area contributed by atoms with E-state index >= 15 is 0 Å². The largest absolute Gasteiger partial charge is 0.446 e. The van der Waals surface area contributed by atoms with Gasteiger partial charge in [-0.25, -0.2) is 4.79 Å². The molecule has 282 valence electrons. The number of benzene rings is 1. The number of ether oxygens (including phenoxy) is 1. The molecule has 3 aliphatic rings. The molecule has 0 bridgehead atoms. The first-order valence-electron chi connectivity index (χ1n) is 16.8. The summed E-state index contributed by atoms with van der Waals surface area (Å²) in [7, 11) is 0. The fourth-order valence-electron chi connectivity index (χ4n) is 7.17. The molecule has 0 aromatic heterocycles. The van der Waals surface area contributed by atoms with Gasteiger partial charge in [0.2, 0.25) is 5.96 Å². The summed E-state index contributed by atoms with van der Waals surface area (Å²) < 4.78 is 129. The summed E-state index contributed by atoms with van der Waals surface area (Å²) >= 11 is 0. The summed E-state index contributed by atoms with van der Waals surface area (Å²) in [5, 5.41) is 14.9. The number of hydrogen-bond donors (Lipinski definition) is 2. The maximum atomic E-state index is 13.8. The molecule has 1 saturated carbocycles. The number of anilines is 1. The normalized spacial score (nSPS) is 26.8. The van der Waals surface area contributed by atoms with Gasteiger partial charge in [-0.05, 0) is 113 Å². The Morgan fingerprint density at radius 2 is 1.70 bits per heavy atom. The summed E-state index contributed by atoms with van der Waals surface area (Å²) in [4.78, 5) is 15.7. The molecule has 1 aromatic carbocycles. The molecule has 0 radical (unpaired) electrons. The number of guanidine groups is 1. The number of fused-ring (bicyclic) bond motifs is 1. The molecule has 1 aliphatic carbocycles. The van der Waals surface area contributed by atoms with Crippen LogP contribution in [0, 0.1) is 17.8 Å². The van der Waals surface area contributed by atoms with Gasteiger partial charge in [-0.15, -0.1) is 0 Å². The summed E-state index contributed by atoms with van der Waals surface area (Å²) in [5.74, 6) is -6.03. The van der Waals surface area contributed by atoms with Crippen molar-refractivity contribution < 1.29 is 49.0 Å². The lowest BCUT2D eigenvalue weighted by Gasteiger charge is -2.40. The Kier molecular flexibility index (Phi) is 12.6. The summed E-state index contributed by atoms with van der Waals surface area (Å²) in [6.07, 6.45) is -16.1. The van der Waals surface area contributed by atoms with E-state index in [-0.39, 0.29) is 55.6 Å². The Bertz CT molecular complexity index is 1340. The lowest BCUT2D eigenvalue weighted by atomic mass is 9.74. The van der Waals surface area contributed by atoms with Gasteiger partial charge in [0.1, 0.15) is 0 Å². The minimum atomic E-state index is -4.81. The summed E-state index contributed by atoms with van der Waals surface area (Å²) in [6.45, 7) is 6.09. The number of nitrogens with one attached hydrogen (secondary N) is 1. The Hall–Kier alpha value is -3.31. The van der Waals surface area contributed by atoms with Crippen LogP contribution in [0.3, 0.4) is 0 Å². The van der Waals surface area contributed by atoms with Crippen molar-refractivity contribution in [1.82, 2.24) is 10.2 Å². The third-order valence-corrected chi connectivity index (χ3v) is 9.56. The number of amides is 1. The van der Waals surface area contributed by atoms with Crippen molar-refractivity contribution in [1.29, 1.82) is 0 Å². The maximum Gasteiger partial charge on any atom is 0.416 e. The lowest BCUT2D eigenvalue weighted by Crippen LogP contribution is -2.46. The molecule has 2 heterocycles. The average molecular weight is 730 g/mol. The highest BCUT2D eigenvalue weighted by atomic mass is 19.4. The van der Waals surface area contributed by atoms with Crippen LogP contribution in [0.5, 0.6) is 0 Å². The average Bonchev–Trinajstić information content (AvgIpc) is 3.52. The lowest BCUT2D eigenvalue weighted by molar-refractivity contribution is -0.228. The van der Waals surface area contributed by atoms with E-state index in [0.717, 1.165) is 18.7 Å². The van der Waals surface area contributed by atoms with Crippen LogP contribution in [0.1, 0.15) is 82.8 Å². The zero-order valence-corrected chi connectivity index (χ0v) is 28.1. The predicted octanol–water partition coefficient (Wildman–Crippen LogP) is 8.22. The minimum absolute atomic E-state index is 0.0258. The van der Waals surface area contributed by atoms with Crippen LogP contribution in [0.4, 0.5) is 50.0 Å². The van der Waals surface area contributed by atoms with Crippen LogP contribution in [0.2, 0.25) is 0 Å². The van der Waals surface area contributed by atoms with Crippen molar-refractivity contribution in [2.75, 3.05) is 31.1 Å². The predicted molar refractivity (Wildman–Crippen MR) is 167 cm³/mol. The van der Waals surface area contributed by atoms with Gasteiger partial charge in [-0.1, -0.05) is 5.10 Å². The number of nitrogens with two attached hydrogens (primary N) is 1. The first kappa shape index (κ1) is 39.5. The second-order valence-electron chi connectivity index (χ2n) is 13.8. The Morgan fingerprint density at radius 3 is 2.26 bits per heavy atom. The van der Waals surface area contributed by atoms with Crippen molar-refractivity contribution in [3.05, 3.63) is 29.3 Å². The zero-order valence-electron chi connectivity index (χ0n) is 28.1. The van der Waals surface area contributed by atoms with Gasteiger partial charge >= 0.3 is 24.6 Å². The van der Waals surface area contributed by atoms with Crippen LogP contribution in [-0.2, 0) is 10.9 Å². The molecule has 4 unspecified atom stereocenters. The summed E-state index contributed by atoms with van der Waals surface area (Å²) in [6, 6.07) is 2.52. The van der Waals surface area contributed by atoms with Crippen molar-refractivity contribution in [2.24, 2.45) is 38.9 Å². The first-order valence-corrected chi connectivity index (χ1v) is 16.8. The minimum Gasteiger partial charge on any atom is -0.446 e. The van der Waals surface area contributed by atoms with E-state index in [1.807, 2.05) is 0 Å². The number of hydrogen-bond acceptors (Lipinski definition) is 5. The highest BCUT2D eigenvalue weighted by Crippen LogP contribution is 2.48. The molecular formula is C32H44F9N7O2. The monoisotopic (exact) mass is 729 g/mol. The smallest absolute Gasteiger partial charge is 0.416 e. The maximum absolute atomic E-state index is 13.8.